The van der Waals surface area contributed by atoms with Crippen molar-refractivity contribution in [2.75, 3.05) is 12.4 Å². The van der Waals surface area contributed by atoms with Gasteiger partial charge in [0.25, 0.3) is 0 Å². The number of ether oxygens (including phenoxy) is 1. The van der Waals surface area contributed by atoms with Crippen molar-refractivity contribution in [1.29, 1.82) is 0 Å². The van der Waals surface area contributed by atoms with Crippen molar-refractivity contribution in [1.82, 2.24) is 4.98 Å². The van der Waals surface area contributed by atoms with Crippen LogP contribution in [0.3, 0.4) is 0 Å². The van der Waals surface area contributed by atoms with E-state index >= 15 is 0 Å². The van der Waals surface area contributed by atoms with E-state index in [1.807, 2.05) is 43.3 Å². The zero-order valence-electron chi connectivity index (χ0n) is 12.6. The maximum absolute atomic E-state index is 10.1. The van der Waals surface area contributed by atoms with Crippen LogP contribution in [0.5, 0.6) is 11.5 Å². The lowest BCUT2D eigenvalue weighted by Crippen LogP contribution is -2.01. The molecular weight excluding hydrogens is 276 g/mol. The fraction of sp³-hybridized carbons (Fsp3) is 0.167. The second-order valence-corrected chi connectivity index (χ2v) is 5.15. The summed E-state index contributed by atoms with van der Waals surface area (Å²) in [5.41, 5.74) is 3.92. The number of rotatable bonds is 4. The van der Waals surface area contributed by atoms with Gasteiger partial charge in [-0.05, 0) is 24.6 Å². The number of pyridine rings is 1. The molecule has 4 nitrogen and oxygen atoms in total. The number of para-hydroxylation sites is 2. The molecule has 4 heteroatoms. The Hall–Kier alpha value is -2.75. The number of phenolic OH excluding ortho intramolecular Hbond substituents is 1. The van der Waals surface area contributed by atoms with Crippen LogP contribution in [0.1, 0.15) is 11.1 Å². The van der Waals surface area contributed by atoms with E-state index in [1.54, 1.807) is 19.4 Å². The van der Waals surface area contributed by atoms with Crippen molar-refractivity contribution in [3.8, 4) is 11.5 Å². The maximum atomic E-state index is 10.1. The van der Waals surface area contributed by atoms with E-state index in [2.05, 4.69) is 10.3 Å². The number of aromatic nitrogens is 1. The predicted octanol–water partition coefficient (Wildman–Crippen LogP) is 3.87. The summed E-state index contributed by atoms with van der Waals surface area (Å²) in [6, 6.07) is 13.5. The van der Waals surface area contributed by atoms with Gasteiger partial charge in [-0.1, -0.05) is 30.3 Å². The summed E-state index contributed by atoms with van der Waals surface area (Å²) in [4.78, 5) is 4.43. The summed E-state index contributed by atoms with van der Waals surface area (Å²) in [5.74, 6) is 0.654. The van der Waals surface area contributed by atoms with Gasteiger partial charge in [0.05, 0.1) is 12.6 Å². The maximum Gasteiger partial charge on any atom is 0.162 e. The predicted molar refractivity (Wildman–Crippen MR) is 88.5 cm³/mol. The number of benzene rings is 2. The molecule has 0 saturated carbocycles. The highest BCUT2D eigenvalue weighted by molar-refractivity contribution is 5.92. The molecule has 0 aliphatic heterocycles. The average molecular weight is 294 g/mol. The lowest BCUT2D eigenvalue weighted by atomic mass is 10.1. The first-order valence-electron chi connectivity index (χ1n) is 7.13. The molecule has 2 aromatic carbocycles. The zero-order chi connectivity index (χ0) is 15.5. The van der Waals surface area contributed by atoms with Crippen molar-refractivity contribution >= 4 is 16.6 Å². The molecule has 0 saturated heterocycles. The van der Waals surface area contributed by atoms with Crippen molar-refractivity contribution in [2.24, 2.45) is 0 Å². The Balaban J connectivity index is 1.90. The third kappa shape index (κ3) is 2.55. The van der Waals surface area contributed by atoms with Crippen molar-refractivity contribution < 1.29 is 9.84 Å². The third-order valence-corrected chi connectivity index (χ3v) is 3.74. The van der Waals surface area contributed by atoms with Crippen molar-refractivity contribution in [3.63, 3.8) is 0 Å². The molecule has 22 heavy (non-hydrogen) atoms. The van der Waals surface area contributed by atoms with Crippen LogP contribution in [0.25, 0.3) is 10.9 Å². The Morgan fingerprint density at radius 3 is 2.77 bits per heavy atom. The fourth-order valence-corrected chi connectivity index (χ4v) is 2.54. The van der Waals surface area contributed by atoms with E-state index < -0.39 is 0 Å². The Morgan fingerprint density at radius 2 is 1.95 bits per heavy atom. The Labute approximate surface area is 129 Å². The van der Waals surface area contributed by atoms with Crippen LogP contribution in [0, 0.1) is 6.92 Å². The fourth-order valence-electron chi connectivity index (χ4n) is 2.54. The van der Waals surface area contributed by atoms with Crippen LogP contribution in [0.2, 0.25) is 0 Å². The molecule has 0 amide bonds. The minimum atomic E-state index is 0.173. The summed E-state index contributed by atoms with van der Waals surface area (Å²) in [6.07, 6.45) is 1.79. The van der Waals surface area contributed by atoms with Gasteiger partial charge in [0.2, 0.25) is 0 Å². The molecule has 0 fully saturated rings. The quantitative estimate of drug-likeness (QED) is 0.767. The number of hydrogen-bond acceptors (Lipinski definition) is 4. The number of methoxy groups -OCH3 is 1. The van der Waals surface area contributed by atoms with E-state index in [-0.39, 0.29) is 5.75 Å². The molecule has 1 heterocycles. The Morgan fingerprint density at radius 1 is 1.14 bits per heavy atom. The Kier molecular flexibility index (Phi) is 3.83. The summed E-state index contributed by atoms with van der Waals surface area (Å²) < 4.78 is 5.14. The van der Waals surface area contributed by atoms with Gasteiger partial charge in [-0.15, -0.1) is 0 Å². The molecule has 0 unspecified atom stereocenters. The number of hydrogen-bond donors (Lipinski definition) is 2. The molecule has 0 spiro atoms. The van der Waals surface area contributed by atoms with Gasteiger partial charge in [-0.25, -0.2) is 0 Å². The average Bonchev–Trinajstić information content (AvgIpc) is 2.54. The number of phenols is 1. The Bertz CT molecular complexity index is 815. The molecule has 0 aliphatic carbocycles. The highest BCUT2D eigenvalue weighted by Crippen LogP contribution is 2.30. The normalized spacial score (nSPS) is 10.6. The standard InChI is InChI=1S/C18H18N2O2/c1-12-5-3-7-14-15(9-10-19-17(12)14)20-11-13-6-4-8-16(22-2)18(13)21/h3-10,21H,11H2,1-2H3,(H,19,20). The lowest BCUT2D eigenvalue weighted by Gasteiger charge is -2.12. The van der Waals surface area contributed by atoms with Crippen LogP contribution in [0.4, 0.5) is 5.69 Å². The van der Waals surface area contributed by atoms with E-state index in [0.29, 0.717) is 12.3 Å². The molecule has 0 radical (unpaired) electrons. The van der Waals surface area contributed by atoms with Gasteiger partial charge in [0.1, 0.15) is 0 Å². The highest BCUT2D eigenvalue weighted by atomic mass is 16.5. The van der Waals surface area contributed by atoms with Gasteiger partial charge in [-0.3, -0.25) is 4.98 Å². The molecule has 0 atom stereocenters. The molecule has 3 rings (SSSR count). The monoisotopic (exact) mass is 294 g/mol. The first kappa shape index (κ1) is 14.2. The van der Waals surface area contributed by atoms with Gasteiger partial charge in [-0.2, -0.15) is 0 Å². The van der Waals surface area contributed by atoms with Gasteiger partial charge < -0.3 is 15.2 Å². The second kappa shape index (κ2) is 5.93. The van der Waals surface area contributed by atoms with E-state index in [4.69, 9.17) is 4.74 Å². The topological polar surface area (TPSA) is 54.4 Å². The first-order chi connectivity index (χ1) is 10.7. The highest BCUT2D eigenvalue weighted by Gasteiger charge is 2.08. The number of anilines is 1. The van der Waals surface area contributed by atoms with E-state index in [9.17, 15) is 5.11 Å². The summed E-state index contributed by atoms with van der Waals surface area (Å²) in [5, 5.41) is 14.6. The molecule has 0 bridgehead atoms. The summed E-state index contributed by atoms with van der Waals surface area (Å²) >= 11 is 0. The van der Waals surface area contributed by atoms with E-state index in [1.165, 1.54) is 0 Å². The SMILES string of the molecule is COc1cccc(CNc2ccnc3c(C)cccc23)c1O. The van der Waals surface area contributed by atoms with Crippen LogP contribution < -0.4 is 10.1 Å². The molecule has 0 aliphatic rings. The number of nitrogens with zero attached hydrogens (tertiary/aromatic N) is 1. The van der Waals surface area contributed by atoms with Crippen LogP contribution in [0.15, 0.2) is 48.7 Å². The molecule has 1 aromatic heterocycles. The van der Waals surface area contributed by atoms with Gasteiger partial charge >= 0.3 is 0 Å². The minimum Gasteiger partial charge on any atom is -0.504 e. The van der Waals surface area contributed by atoms with Crippen molar-refractivity contribution in [3.05, 3.63) is 59.8 Å². The lowest BCUT2D eigenvalue weighted by molar-refractivity contribution is 0.371. The van der Waals surface area contributed by atoms with Crippen LogP contribution in [-0.4, -0.2) is 17.2 Å². The summed E-state index contributed by atoms with van der Waals surface area (Å²) in [7, 11) is 1.55. The summed E-state index contributed by atoms with van der Waals surface area (Å²) in [6.45, 7) is 2.56. The van der Waals surface area contributed by atoms with Crippen LogP contribution >= 0.6 is 0 Å². The molecule has 112 valence electrons. The zero-order valence-corrected chi connectivity index (χ0v) is 12.6. The third-order valence-electron chi connectivity index (χ3n) is 3.74. The minimum absolute atomic E-state index is 0.173. The molecular formula is C18H18N2O2. The second-order valence-electron chi connectivity index (χ2n) is 5.15. The number of aromatic hydroxyl groups is 1. The van der Waals surface area contributed by atoms with E-state index in [0.717, 1.165) is 27.7 Å². The number of fused-ring (bicyclic) bond motifs is 1. The van der Waals surface area contributed by atoms with Crippen LogP contribution in [-0.2, 0) is 6.54 Å². The molecule has 3 aromatic rings. The number of aryl methyl sites for hydroxylation is 1. The largest absolute Gasteiger partial charge is 0.504 e. The van der Waals surface area contributed by atoms with Gasteiger partial charge in [0.15, 0.2) is 11.5 Å². The number of nitrogens with one attached hydrogen (secondary N) is 1. The molecule has 2 N–H and O–H groups in total. The van der Waals surface area contributed by atoms with Gasteiger partial charge in [0, 0.05) is 29.4 Å². The van der Waals surface area contributed by atoms with Crippen molar-refractivity contribution in [2.45, 2.75) is 13.5 Å². The smallest absolute Gasteiger partial charge is 0.162 e. The first-order valence-corrected chi connectivity index (χ1v) is 7.13.